The van der Waals surface area contributed by atoms with E-state index in [1.54, 1.807) is 26.8 Å². The van der Waals surface area contributed by atoms with Gasteiger partial charge < -0.3 is 10.5 Å². The van der Waals surface area contributed by atoms with Crippen molar-refractivity contribution in [3.63, 3.8) is 0 Å². The molecule has 1 aromatic carbocycles. The second-order valence-corrected chi connectivity index (χ2v) is 8.00. The predicted molar refractivity (Wildman–Crippen MR) is 103 cm³/mol. The van der Waals surface area contributed by atoms with Crippen molar-refractivity contribution in [3.05, 3.63) is 56.4 Å². The first-order valence-corrected chi connectivity index (χ1v) is 9.01. The molecule has 0 aliphatic heterocycles. The molecule has 0 spiro atoms. The zero-order valence-corrected chi connectivity index (χ0v) is 17.2. The summed E-state index contributed by atoms with van der Waals surface area (Å²) in [6.07, 6.45) is 0.351. The van der Waals surface area contributed by atoms with E-state index in [2.05, 4.69) is 21.0 Å². The quantitative estimate of drug-likeness (QED) is 0.769. The zero-order valence-electron chi connectivity index (χ0n) is 15.6. The van der Waals surface area contributed by atoms with Crippen LogP contribution in [0.1, 0.15) is 26.3 Å². The highest BCUT2D eigenvalue weighted by Gasteiger charge is 2.23. The van der Waals surface area contributed by atoms with Gasteiger partial charge in [-0.3, -0.25) is 0 Å². The number of hydrogen-bond acceptors (Lipinski definition) is 4. The maximum atomic E-state index is 14.8. The van der Waals surface area contributed by atoms with E-state index in [9.17, 15) is 14.0 Å². The fraction of sp³-hybridized carbons (Fsp3) is 0.389. The van der Waals surface area contributed by atoms with Crippen LogP contribution in [0, 0.1) is 12.3 Å². The molecule has 0 aliphatic carbocycles. The standard InChI is InChI=1S/C18H22BrFN4O3/c1-11-7-13(5-6-14(11)19)23-10-22-24(17(23)26)8-12(9-27-16(21)25)15(20)18(2,3)4/h5-7,10H,8-9H2,1-4H3,(H2,21,25)/b15-12-. The minimum Gasteiger partial charge on any atom is -0.445 e. The third kappa shape index (κ3) is 5.06. The molecule has 1 amide bonds. The topological polar surface area (TPSA) is 92.1 Å². The summed E-state index contributed by atoms with van der Waals surface area (Å²) in [5, 5.41) is 4.06. The van der Waals surface area contributed by atoms with Gasteiger partial charge in [-0.25, -0.2) is 23.2 Å². The lowest BCUT2D eigenvalue weighted by Crippen LogP contribution is -2.27. The highest BCUT2D eigenvalue weighted by atomic mass is 79.9. The highest BCUT2D eigenvalue weighted by molar-refractivity contribution is 9.10. The number of rotatable bonds is 5. The second kappa shape index (κ2) is 8.08. The molecule has 27 heavy (non-hydrogen) atoms. The molecule has 1 heterocycles. The van der Waals surface area contributed by atoms with Crippen molar-refractivity contribution in [1.82, 2.24) is 14.3 Å². The lowest BCUT2D eigenvalue weighted by molar-refractivity contribution is 0.163. The van der Waals surface area contributed by atoms with E-state index >= 15 is 0 Å². The Morgan fingerprint density at radius 2 is 2.04 bits per heavy atom. The molecule has 7 nitrogen and oxygen atoms in total. The fourth-order valence-corrected chi connectivity index (χ4v) is 2.70. The smallest absolute Gasteiger partial charge is 0.404 e. The number of nitrogens with two attached hydrogens (primary N) is 1. The van der Waals surface area contributed by atoms with Crippen LogP contribution in [0.4, 0.5) is 9.18 Å². The molecule has 0 radical (unpaired) electrons. The van der Waals surface area contributed by atoms with Crippen LogP contribution >= 0.6 is 15.9 Å². The fourth-order valence-electron chi connectivity index (χ4n) is 2.45. The molecule has 1 aromatic heterocycles. The molecule has 0 aliphatic rings. The van der Waals surface area contributed by atoms with Crippen LogP contribution in [0.5, 0.6) is 0 Å². The van der Waals surface area contributed by atoms with Crippen molar-refractivity contribution in [2.24, 2.45) is 11.1 Å². The van der Waals surface area contributed by atoms with E-state index in [0.717, 1.165) is 14.7 Å². The van der Waals surface area contributed by atoms with E-state index in [1.165, 1.54) is 10.9 Å². The van der Waals surface area contributed by atoms with Gasteiger partial charge in [0.05, 0.1) is 12.2 Å². The summed E-state index contributed by atoms with van der Waals surface area (Å²) in [5.74, 6) is -0.482. The molecule has 0 saturated carbocycles. The van der Waals surface area contributed by atoms with Gasteiger partial charge in [0.25, 0.3) is 0 Å². The number of hydrogen-bond donors (Lipinski definition) is 1. The minimum atomic E-state index is -1.02. The van der Waals surface area contributed by atoms with Crippen LogP contribution in [0.15, 0.2) is 45.2 Å². The zero-order chi connectivity index (χ0) is 20.4. The third-order valence-corrected chi connectivity index (χ3v) is 4.74. The molecule has 0 unspecified atom stereocenters. The SMILES string of the molecule is Cc1cc(-n2cnn(C/C(COC(N)=O)=C(/F)C(C)(C)C)c2=O)ccc1Br. The molecular formula is C18H22BrFN4O3. The number of carbonyl (C=O) groups excluding carboxylic acids is 1. The van der Waals surface area contributed by atoms with Crippen LogP contribution in [0.25, 0.3) is 5.69 Å². The number of halogens is 2. The number of benzene rings is 1. The number of aromatic nitrogens is 3. The monoisotopic (exact) mass is 440 g/mol. The summed E-state index contributed by atoms with van der Waals surface area (Å²) in [6.45, 7) is 6.44. The summed E-state index contributed by atoms with van der Waals surface area (Å²) in [6, 6.07) is 5.44. The Morgan fingerprint density at radius 3 is 2.59 bits per heavy atom. The summed E-state index contributed by atoms with van der Waals surface area (Å²) in [7, 11) is 0. The van der Waals surface area contributed by atoms with Crippen LogP contribution < -0.4 is 11.4 Å². The van der Waals surface area contributed by atoms with Gasteiger partial charge >= 0.3 is 11.8 Å². The van der Waals surface area contributed by atoms with Crippen molar-refractivity contribution < 1.29 is 13.9 Å². The molecule has 146 valence electrons. The van der Waals surface area contributed by atoms with E-state index in [1.807, 2.05) is 19.1 Å². The molecule has 0 atom stereocenters. The Balaban J connectivity index is 2.39. The van der Waals surface area contributed by atoms with Gasteiger partial charge in [0.1, 0.15) is 18.8 Å². The van der Waals surface area contributed by atoms with E-state index < -0.39 is 23.0 Å². The predicted octanol–water partition coefficient (Wildman–Crippen LogP) is 3.47. The molecule has 9 heteroatoms. The summed E-state index contributed by atoms with van der Waals surface area (Å²) in [4.78, 5) is 23.6. The maximum Gasteiger partial charge on any atom is 0.404 e. The Hall–Kier alpha value is -2.42. The van der Waals surface area contributed by atoms with Gasteiger partial charge in [0, 0.05) is 15.5 Å². The third-order valence-electron chi connectivity index (χ3n) is 3.85. The molecule has 0 bridgehead atoms. The van der Waals surface area contributed by atoms with Gasteiger partial charge in [0.15, 0.2) is 0 Å². The van der Waals surface area contributed by atoms with Gasteiger partial charge in [-0.2, -0.15) is 5.10 Å². The second-order valence-electron chi connectivity index (χ2n) is 7.15. The Kier molecular flexibility index (Phi) is 6.25. The maximum absolute atomic E-state index is 14.8. The number of primary amides is 1. The normalized spacial score (nSPS) is 12.7. The van der Waals surface area contributed by atoms with Crippen molar-refractivity contribution in [2.75, 3.05) is 6.61 Å². The van der Waals surface area contributed by atoms with Gasteiger partial charge in [-0.15, -0.1) is 0 Å². The van der Waals surface area contributed by atoms with Gasteiger partial charge in [-0.1, -0.05) is 36.7 Å². The lowest BCUT2D eigenvalue weighted by Gasteiger charge is -2.20. The van der Waals surface area contributed by atoms with Crippen molar-refractivity contribution in [3.8, 4) is 5.69 Å². The van der Waals surface area contributed by atoms with E-state index in [-0.39, 0.29) is 18.7 Å². The summed E-state index contributed by atoms with van der Waals surface area (Å²) >= 11 is 3.41. The molecule has 2 rings (SSSR count). The summed E-state index contributed by atoms with van der Waals surface area (Å²) < 4.78 is 22.9. The number of ether oxygens (including phenoxy) is 1. The first kappa shape index (κ1) is 20.9. The van der Waals surface area contributed by atoms with Crippen molar-refractivity contribution in [2.45, 2.75) is 34.2 Å². The minimum absolute atomic E-state index is 0.126. The molecular weight excluding hydrogens is 419 g/mol. The van der Waals surface area contributed by atoms with Crippen LogP contribution in [-0.2, 0) is 11.3 Å². The number of amides is 1. The number of nitrogens with zero attached hydrogens (tertiary/aromatic N) is 3. The van der Waals surface area contributed by atoms with Gasteiger partial charge in [-0.05, 0) is 30.7 Å². The largest absolute Gasteiger partial charge is 0.445 e. The van der Waals surface area contributed by atoms with Crippen molar-refractivity contribution >= 4 is 22.0 Å². The average Bonchev–Trinajstić information content (AvgIpc) is 2.93. The van der Waals surface area contributed by atoms with E-state index in [0.29, 0.717) is 5.69 Å². The number of aryl methyl sites for hydroxylation is 1. The Morgan fingerprint density at radius 1 is 1.37 bits per heavy atom. The molecule has 2 N–H and O–H groups in total. The first-order valence-electron chi connectivity index (χ1n) is 8.22. The summed E-state index contributed by atoms with van der Waals surface area (Å²) in [5.41, 5.74) is 5.46. The van der Waals surface area contributed by atoms with Crippen LogP contribution in [-0.4, -0.2) is 27.0 Å². The first-order chi connectivity index (χ1) is 12.5. The van der Waals surface area contributed by atoms with E-state index in [4.69, 9.17) is 10.5 Å². The van der Waals surface area contributed by atoms with Crippen molar-refractivity contribution in [1.29, 1.82) is 0 Å². The average molecular weight is 441 g/mol. The molecule has 2 aromatic rings. The Bertz CT molecular complexity index is 941. The highest BCUT2D eigenvalue weighted by Crippen LogP contribution is 2.29. The number of allylic oxidation sites excluding steroid dienone is 1. The molecule has 0 fully saturated rings. The number of carbonyl (C=O) groups is 1. The van der Waals surface area contributed by atoms with Gasteiger partial charge in [0.2, 0.25) is 0 Å². The van der Waals surface area contributed by atoms with Crippen LogP contribution in [0.2, 0.25) is 0 Å². The lowest BCUT2D eigenvalue weighted by atomic mass is 9.92. The molecule has 0 saturated heterocycles. The van der Waals surface area contributed by atoms with Crippen LogP contribution in [0.3, 0.4) is 0 Å². The Labute approximate surface area is 164 Å².